The van der Waals surface area contributed by atoms with Gasteiger partial charge in [0.25, 0.3) is 11.5 Å². The third kappa shape index (κ3) is 3.38. The van der Waals surface area contributed by atoms with E-state index in [9.17, 15) is 9.59 Å². The molecular weight excluding hydrogens is 294 g/mol. The molecule has 0 aliphatic heterocycles. The van der Waals surface area contributed by atoms with Gasteiger partial charge in [-0.25, -0.2) is 9.67 Å². The molecular formula is C13H14ClN5O2. The second-order valence-electron chi connectivity index (χ2n) is 4.57. The molecule has 0 aromatic carbocycles. The first-order valence-electron chi connectivity index (χ1n) is 6.07. The van der Waals surface area contributed by atoms with Crippen LogP contribution in [-0.4, -0.2) is 39.7 Å². The maximum Gasteiger partial charge on any atom is 0.290 e. The molecule has 0 aliphatic rings. The molecule has 0 radical (unpaired) electrons. The SMILES string of the molecule is CN(C)C(=O)c1ccc(Nc2cc(Cl)nn(C)c2=O)nc1. The van der Waals surface area contributed by atoms with Gasteiger partial charge in [-0.05, 0) is 12.1 Å². The van der Waals surface area contributed by atoms with Gasteiger partial charge < -0.3 is 10.2 Å². The number of rotatable bonds is 3. The molecule has 1 amide bonds. The molecule has 0 saturated carbocycles. The number of hydrogen-bond donors (Lipinski definition) is 1. The van der Waals surface area contributed by atoms with Gasteiger partial charge in [0.1, 0.15) is 11.5 Å². The van der Waals surface area contributed by atoms with Crippen LogP contribution >= 0.6 is 11.6 Å². The Kier molecular flexibility index (Phi) is 4.23. The van der Waals surface area contributed by atoms with Crippen LogP contribution in [-0.2, 0) is 7.05 Å². The van der Waals surface area contributed by atoms with Crippen molar-refractivity contribution in [3.8, 4) is 0 Å². The third-order valence-corrected chi connectivity index (χ3v) is 2.90. The summed E-state index contributed by atoms with van der Waals surface area (Å²) in [6.45, 7) is 0. The minimum atomic E-state index is -0.324. The van der Waals surface area contributed by atoms with Crippen LogP contribution in [0.3, 0.4) is 0 Å². The Morgan fingerprint density at radius 3 is 2.67 bits per heavy atom. The lowest BCUT2D eigenvalue weighted by atomic mass is 10.2. The minimum Gasteiger partial charge on any atom is -0.345 e. The lowest BCUT2D eigenvalue weighted by Gasteiger charge is -2.10. The van der Waals surface area contributed by atoms with E-state index in [1.807, 2.05) is 0 Å². The van der Waals surface area contributed by atoms with Crippen molar-refractivity contribution >= 4 is 29.0 Å². The Bertz CT molecular complexity index is 724. The topological polar surface area (TPSA) is 80.1 Å². The molecule has 2 aromatic heterocycles. The van der Waals surface area contributed by atoms with E-state index >= 15 is 0 Å². The molecule has 0 saturated heterocycles. The average Bonchev–Trinajstić information content (AvgIpc) is 2.44. The Morgan fingerprint density at radius 1 is 1.38 bits per heavy atom. The van der Waals surface area contributed by atoms with Crippen LogP contribution in [0.4, 0.5) is 11.5 Å². The summed E-state index contributed by atoms with van der Waals surface area (Å²) in [6.07, 6.45) is 1.44. The van der Waals surface area contributed by atoms with Gasteiger partial charge in [0.15, 0.2) is 5.15 Å². The fourth-order valence-corrected chi connectivity index (χ4v) is 1.88. The first kappa shape index (κ1) is 15.0. The number of anilines is 2. The Morgan fingerprint density at radius 2 is 2.10 bits per heavy atom. The van der Waals surface area contributed by atoms with E-state index < -0.39 is 0 Å². The fraction of sp³-hybridized carbons (Fsp3) is 0.231. The summed E-state index contributed by atoms with van der Waals surface area (Å²) in [4.78, 5) is 29.2. The zero-order chi connectivity index (χ0) is 15.6. The first-order chi connectivity index (χ1) is 9.88. The van der Waals surface area contributed by atoms with Gasteiger partial charge >= 0.3 is 0 Å². The normalized spacial score (nSPS) is 10.3. The predicted molar refractivity (Wildman–Crippen MR) is 80.0 cm³/mol. The number of carbonyl (C=O) groups is 1. The van der Waals surface area contributed by atoms with E-state index in [2.05, 4.69) is 15.4 Å². The number of pyridine rings is 1. The molecule has 0 unspecified atom stereocenters. The molecule has 0 atom stereocenters. The van der Waals surface area contributed by atoms with Gasteiger partial charge in [0, 0.05) is 33.4 Å². The Labute approximate surface area is 126 Å². The summed E-state index contributed by atoms with van der Waals surface area (Å²) < 4.78 is 1.13. The third-order valence-electron chi connectivity index (χ3n) is 2.71. The van der Waals surface area contributed by atoms with Crippen LogP contribution < -0.4 is 10.9 Å². The number of nitrogens with zero attached hydrogens (tertiary/aromatic N) is 4. The molecule has 0 bridgehead atoms. The van der Waals surface area contributed by atoms with Crippen molar-refractivity contribution in [3.05, 3.63) is 45.5 Å². The van der Waals surface area contributed by atoms with Gasteiger partial charge in [-0.1, -0.05) is 11.6 Å². The molecule has 2 aromatic rings. The van der Waals surface area contributed by atoms with E-state index in [4.69, 9.17) is 11.6 Å². The van der Waals surface area contributed by atoms with E-state index in [1.54, 1.807) is 26.2 Å². The van der Waals surface area contributed by atoms with Crippen molar-refractivity contribution in [1.29, 1.82) is 0 Å². The molecule has 0 fully saturated rings. The lowest BCUT2D eigenvalue weighted by Crippen LogP contribution is -2.23. The van der Waals surface area contributed by atoms with Crippen LogP contribution in [0, 0.1) is 0 Å². The largest absolute Gasteiger partial charge is 0.345 e. The second-order valence-corrected chi connectivity index (χ2v) is 4.95. The summed E-state index contributed by atoms with van der Waals surface area (Å²) in [5.74, 6) is 0.293. The van der Waals surface area contributed by atoms with Gasteiger partial charge in [0.05, 0.1) is 5.56 Å². The quantitative estimate of drug-likeness (QED) is 0.924. The van der Waals surface area contributed by atoms with Gasteiger partial charge in [-0.15, -0.1) is 0 Å². The van der Waals surface area contributed by atoms with E-state index in [1.165, 1.54) is 24.2 Å². The molecule has 1 N–H and O–H groups in total. The maximum atomic E-state index is 11.9. The summed E-state index contributed by atoms with van der Waals surface area (Å²) >= 11 is 5.81. The second kappa shape index (κ2) is 5.92. The van der Waals surface area contributed by atoms with Crippen molar-refractivity contribution in [3.63, 3.8) is 0 Å². The van der Waals surface area contributed by atoms with Crippen LogP contribution in [0.2, 0.25) is 5.15 Å². The maximum absolute atomic E-state index is 11.9. The van der Waals surface area contributed by atoms with E-state index in [-0.39, 0.29) is 22.3 Å². The molecule has 8 heteroatoms. The summed E-state index contributed by atoms with van der Waals surface area (Å²) in [5, 5.41) is 6.84. The Balaban J connectivity index is 2.25. The van der Waals surface area contributed by atoms with Crippen molar-refractivity contribution in [2.24, 2.45) is 7.05 Å². The highest BCUT2D eigenvalue weighted by molar-refractivity contribution is 6.29. The molecule has 2 heterocycles. The average molecular weight is 308 g/mol. The minimum absolute atomic E-state index is 0.142. The summed E-state index contributed by atoms with van der Waals surface area (Å²) in [6, 6.07) is 4.67. The van der Waals surface area contributed by atoms with Crippen molar-refractivity contribution < 1.29 is 4.79 Å². The highest BCUT2D eigenvalue weighted by atomic mass is 35.5. The van der Waals surface area contributed by atoms with E-state index in [0.29, 0.717) is 11.4 Å². The number of hydrogen-bond acceptors (Lipinski definition) is 5. The zero-order valence-electron chi connectivity index (χ0n) is 11.8. The first-order valence-corrected chi connectivity index (χ1v) is 6.45. The number of halogens is 1. The Hall–Kier alpha value is -2.41. The number of nitrogens with one attached hydrogen (secondary N) is 1. The number of aromatic nitrogens is 3. The number of amides is 1. The smallest absolute Gasteiger partial charge is 0.290 e. The van der Waals surface area contributed by atoms with Gasteiger partial charge in [-0.2, -0.15) is 5.10 Å². The lowest BCUT2D eigenvalue weighted by molar-refractivity contribution is 0.0827. The van der Waals surface area contributed by atoms with Crippen molar-refractivity contribution in [2.75, 3.05) is 19.4 Å². The predicted octanol–water partition coefficient (Wildman–Crippen LogP) is 1.27. The molecule has 21 heavy (non-hydrogen) atoms. The molecule has 7 nitrogen and oxygen atoms in total. The highest BCUT2D eigenvalue weighted by Gasteiger charge is 2.09. The molecule has 0 spiro atoms. The van der Waals surface area contributed by atoms with Gasteiger partial charge in [0.2, 0.25) is 0 Å². The standard InChI is InChI=1S/C13H14ClN5O2/c1-18(2)12(20)8-4-5-11(15-7-8)16-9-6-10(14)17-19(3)13(9)21/h4-7H,1-3H3,(H,15,16). The van der Waals surface area contributed by atoms with E-state index in [0.717, 1.165) is 4.68 Å². The fourth-order valence-electron chi connectivity index (χ4n) is 1.65. The van der Waals surface area contributed by atoms with Crippen LogP contribution in [0.25, 0.3) is 0 Å². The summed E-state index contributed by atoms with van der Waals surface area (Å²) in [7, 11) is 4.83. The molecule has 2 rings (SSSR count). The zero-order valence-corrected chi connectivity index (χ0v) is 12.5. The molecule has 0 aliphatic carbocycles. The molecule has 110 valence electrons. The van der Waals surface area contributed by atoms with Crippen LogP contribution in [0.5, 0.6) is 0 Å². The highest BCUT2D eigenvalue weighted by Crippen LogP contribution is 2.14. The van der Waals surface area contributed by atoms with Crippen molar-refractivity contribution in [2.45, 2.75) is 0 Å². The summed E-state index contributed by atoms with van der Waals surface area (Å²) in [5.41, 5.74) is 0.401. The van der Waals surface area contributed by atoms with Crippen molar-refractivity contribution in [1.82, 2.24) is 19.7 Å². The van der Waals surface area contributed by atoms with Crippen LogP contribution in [0.1, 0.15) is 10.4 Å². The van der Waals surface area contributed by atoms with Crippen LogP contribution in [0.15, 0.2) is 29.2 Å². The monoisotopic (exact) mass is 307 g/mol. The number of carbonyl (C=O) groups excluding carboxylic acids is 1. The van der Waals surface area contributed by atoms with Gasteiger partial charge in [-0.3, -0.25) is 9.59 Å². The number of aryl methyl sites for hydroxylation is 1.